The maximum Gasteiger partial charge on any atom is 0.331 e. The Morgan fingerprint density at radius 1 is 1.26 bits per heavy atom. The van der Waals surface area contributed by atoms with Gasteiger partial charge in [-0.05, 0) is 30.5 Å². The maximum absolute atomic E-state index is 12.5. The van der Waals surface area contributed by atoms with Crippen LogP contribution in [0.4, 0.5) is 5.69 Å². The van der Waals surface area contributed by atoms with Gasteiger partial charge >= 0.3 is 5.97 Å². The zero-order valence-electron chi connectivity index (χ0n) is 12.6. The van der Waals surface area contributed by atoms with E-state index in [9.17, 15) is 9.59 Å². The average molecular weight is 328 g/mol. The fourth-order valence-corrected chi connectivity index (χ4v) is 3.12. The number of ether oxygens (including phenoxy) is 1. The van der Waals surface area contributed by atoms with Gasteiger partial charge in [-0.15, -0.1) is 11.3 Å². The van der Waals surface area contributed by atoms with Gasteiger partial charge in [0.1, 0.15) is 5.71 Å². The van der Waals surface area contributed by atoms with Crippen LogP contribution in [0.5, 0.6) is 0 Å². The highest BCUT2D eigenvalue weighted by Gasteiger charge is 2.37. The van der Waals surface area contributed by atoms with Gasteiger partial charge in [0, 0.05) is 6.42 Å². The molecule has 0 N–H and O–H groups in total. The Bertz CT molecular complexity index is 726. The second kappa shape index (κ2) is 6.75. The Kier molecular flexibility index (Phi) is 4.52. The topological polar surface area (TPSA) is 59.0 Å². The van der Waals surface area contributed by atoms with Crippen molar-refractivity contribution >= 4 is 34.5 Å². The van der Waals surface area contributed by atoms with Crippen molar-refractivity contribution < 1.29 is 14.3 Å². The van der Waals surface area contributed by atoms with Gasteiger partial charge in [0.25, 0.3) is 0 Å². The van der Waals surface area contributed by atoms with Gasteiger partial charge in [-0.3, -0.25) is 9.80 Å². The van der Waals surface area contributed by atoms with Crippen LogP contribution in [-0.4, -0.2) is 30.1 Å². The molecule has 1 aromatic heterocycles. The molecule has 1 aromatic carbocycles. The molecule has 0 radical (unpaired) electrons. The van der Waals surface area contributed by atoms with Crippen molar-refractivity contribution in [1.82, 2.24) is 0 Å². The van der Waals surface area contributed by atoms with Crippen LogP contribution in [0, 0.1) is 0 Å². The first-order chi connectivity index (χ1) is 11.2. The Morgan fingerprint density at radius 3 is 2.70 bits per heavy atom. The summed E-state index contributed by atoms with van der Waals surface area (Å²) in [5.74, 6) is -0.498. The molecule has 0 fully saturated rings. The normalized spacial score (nSPS) is 17.0. The smallest absolute Gasteiger partial charge is 0.331 e. The first kappa shape index (κ1) is 15.4. The maximum atomic E-state index is 12.5. The number of esters is 1. The number of hydrogen-bond acceptors (Lipinski definition) is 6. The lowest BCUT2D eigenvalue weighted by Gasteiger charge is -2.21. The van der Waals surface area contributed by atoms with Crippen LogP contribution in [0.2, 0.25) is 0 Å². The van der Waals surface area contributed by atoms with Crippen molar-refractivity contribution in [3.05, 3.63) is 52.7 Å². The van der Waals surface area contributed by atoms with E-state index in [0.717, 1.165) is 5.69 Å². The van der Waals surface area contributed by atoms with Gasteiger partial charge in [-0.1, -0.05) is 24.3 Å². The van der Waals surface area contributed by atoms with Gasteiger partial charge < -0.3 is 4.74 Å². The molecule has 1 aliphatic rings. The van der Waals surface area contributed by atoms with Crippen LogP contribution in [0.3, 0.4) is 0 Å². The summed E-state index contributed by atoms with van der Waals surface area (Å²) >= 11 is 1.37. The number of rotatable bonds is 5. The molecule has 0 saturated heterocycles. The molecule has 5 nitrogen and oxygen atoms in total. The highest BCUT2D eigenvalue weighted by Crippen LogP contribution is 2.27. The third-order valence-corrected chi connectivity index (χ3v) is 4.37. The third kappa shape index (κ3) is 3.17. The number of nitrogens with zero attached hydrogens (tertiary/aromatic N) is 2. The van der Waals surface area contributed by atoms with Crippen LogP contribution < -0.4 is 5.01 Å². The van der Waals surface area contributed by atoms with Gasteiger partial charge in [0.15, 0.2) is 6.04 Å². The molecule has 0 spiro atoms. The van der Waals surface area contributed by atoms with Crippen LogP contribution in [-0.2, 0) is 9.53 Å². The zero-order chi connectivity index (χ0) is 16.2. The van der Waals surface area contributed by atoms with Gasteiger partial charge in [0.05, 0.1) is 17.2 Å². The molecule has 118 valence electrons. The van der Waals surface area contributed by atoms with Gasteiger partial charge in [-0.25, -0.2) is 4.79 Å². The van der Waals surface area contributed by atoms with Crippen molar-refractivity contribution in [1.29, 1.82) is 0 Å². The number of hydrazone groups is 1. The molecular formula is C17H16N2O3S. The highest BCUT2D eigenvalue weighted by atomic mass is 32.1. The first-order valence-corrected chi connectivity index (χ1v) is 8.25. The van der Waals surface area contributed by atoms with Crippen LogP contribution in [0.1, 0.15) is 23.0 Å². The predicted molar refractivity (Wildman–Crippen MR) is 90.0 cm³/mol. The molecule has 2 heterocycles. The van der Waals surface area contributed by atoms with E-state index in [-0.39, 0.29) is 18.2 Å². The molecule has 0 amide bonds. The number of para-hydroxylation sites is 1. The molecule has 0 unspecified atom stereocenters. The number of thiophene rings is 1. The summed E-state index contributed by atoms with van der Waals surface area (Å²) in [5, 5.41) is 7.84. The summed E-state index contributed by atoms with van der Waals surface area (Å²) in [7, 11) is 0. The molecule has 6 heteroatoms. The van der Waals surface area contributed by atoms with Gasteiger partial charge in [-0.2, -0.15) is 5.10 Å². The largest absolute Gasteiger partial charge is 0.464 e. The SMILES string of the molecule is CCOC(=O)[C@H]1CC(C(=O)c2cccs2)=NN1c1ccccc1. The number of carbonyl (C=O) groups is 2. The van der Waals surface area contributed by atoms with Crippen LogP contribution in [0.15, 0.2) is 52.9 Å². The molecule has 23 heavy (non-hydrogen) atoms. The van der Waals surface area contributed by atoms with Crippen molar-refractivity contribution in [2.75, 3.05) is 11.6 Å². The number of anilines is 1. The highest BCUT2D eigenvalue weighted by molar-refractivity contribution is 7.13. The Hall–Kier alpha value is -2.47. The second-order valence-electron chi connectivity index (χ2n) is 5.01. The van der Waals surface area contributed by atoms with E-state index in [2.05, 4.69) is 5.10 Å². The lowest BCUT2D eigenvalue weighted by atomic mass is 10.1. The van der Waals surface area contributed by atoms with E-state index >= 15 is 0 Å². The molecule has 0 aliphatic carbocycles. The van der Waals surface area contributed by atoms with Crippen LogP contribution in [0.25, 0.3) is 0 Å². The monoisotopic (exact) mass is 328 g/mol. The van der Waals surface area contributed by atoms with Crippen LogP contribution >= 0.6 is 11.3 Å². The number of ketones is 1. The number of benzene rings is 1. The van der Waals surface area contributed by atoms with E-state index in [0.29, 0.717) is 17.2 Å². The minimum Gasteiger partial charge on any atom is -0.464 e. The molecule has 1 aliphatic heterocycles. The summed E-state index contributed by atoms with van der Waals surface area (Å²) in [6.45, 7) is 2.06. The van der Waals surface area contributed by atoms with E-state index in [1.165, 1.54) is 11.3 Å². The third-order valence-electron chi connectivity index (χ3n) is 3.50. The first-order valence-electron chi connectivity index (χ1n) is 7.37. The summed E-state index contributed by atoms with van der Waals surface area (Å²) in [6, 6.07) is 12.3. The van der Waals surface area contributed by atoms with Crippen molar-refractivity contribution in [2.45, 2.75) is 19.4 Å². The quantitative estimate of drug-likeness (QED) is 0.625. The summed E-state index contributed by atoms with van der Waals surface area (Å²) in [5.41, 5.74) is 1.15. The van der Waals surface area contributed by atoms with E-state index in [1.54, 1.807) is 18.0 Å². The number of Topliss-reactive ketones (excluding diaryl/α,β-unsaturated/α-hetero) is 1. The molecule has 2 aromatic rings. The predicted octanol–water partition coefficient (Wildman–Crippen LogP) is 3.13. The zero-order valence-corrected chi connectivity index (χ0v) is 13.5. The fourth-order valence-electron chi connectivity index (χ4n) is 2.44. The van der Waals surface area contributed by atoms with E-state index < -0.39 is 6.04 Å². The molecule has 0 saturated carbocycles. The summed E-state index contributed by atoms with van der Waals surface area (Å²) in [6.07, 6.45) is 0.254. The summed E-state index contributed by atoms with van der Waals surface area (Å²) < 4.78 is 5.13. The Labute approximate surface area is 138 Å². The molecule has 3 rings (SSSR count). The second-order valence-corrected chi connectivity index (χ2v) is 5.95. The van der Waals surface area contributed by atoms with E-state index in [4.69, 9.17) is 4.74 Å². The average Bonchev–Trinajstić information content (AvgIpc) is 3.25. The molecular weight excluding hydrogens is 312 g/mol. The molecule has 0 bridgehead atoms. The molecule has 1 atom stereocenters. The fraction of sp³-hybridized carbons (Fsp3) is 0.235. The Balaban J connectivity index is 1.91. The minimum absolute atomic E-state index is 0.132. The van der Waals surface area contributed by atoms with E-state index in [1.807, 2.05) is 41.8 Å². The lowest BCUT2D eigenvalue weighted by molar-refractivity contribution is -0.144. The Morgan fingerprint density at radius 2 is 2.04 bits per heavy atom. The summed E-state index contributed by atoms with van der Waals surface area (Å²) in [4.78, 5) is 25.4. The lowest BCUT2D eigenvalue weighted by Crippen LogP contribution is -2.36. The standard InChI is InChI=1S/C17H16N2O3S/c1-2-22-17(21)14-11-13(16(20)15-9-6-10-23-15)18-19(14)12-7-4-3-5-8-12/h3-10,14H,2,11H2,1H3/t14-/m1/s1. The van der Waals surface area contributed by atoms with Crippen molar-refractivity contribution in [3.63, 3.8) is 0 Å². The number of carbonyl (C=O) groups excluding carboxylic acids is 2. The van der Waals surface area contributed by atoms with Crippen molar-refractivity contribution in [3.8, 4) is 0 Å². The number of hydrogen-bond donors (Lipinski definition) is 0. The minimum atomic E-state index is -0.601. The van der Waals surface area contributed by atoms with Crippen molar-refractivity contribution in [2.24, 2.45) is 5.10 Å². The van der Waals surface area contributed by atoms with Gasteiger partial charge in [0.2, 0.25) is 5.78 Å².